The van der Waals surface area contributed by atoms with Crippen molar-refractivity contribution in [2.45, 2.75) is 102 Å². The molecule has 33 heavy (non-hydrogen) atoms. The van der Waals surface area contributed by atoms with Crippen LogP contribution in [0.3, 0.4) is 0 Å². The molecule has 8 heteroatoms. The Labute approximate surface area is 198 Å². The number of fused-ring (bicyclic) bond motifs is 1. The van der Waals surface area contributed by atoms with Gasteiger partial charge in [-0.15, -0.1) is 0 Å². The summed E-state index contributed by atoms with van der Waals surface area (Å²) in [5.74, 6) is -0.742. The van der Waals surface area contributed by atoms with E-state index in [0.717, 1.165) is 11.8 Å². The quantitative estimate of drug-likeness (QED) is 0.411. The molecule has 1 aromatic carbocycles. The minimum atomic E-state index is -2.18. The van der Waals surface area contributed by atoms with Crippen LogP contribution in [0.2, 0.25) is 18.1 Å². The van der Waals surface area contributed by atoms with Crippen LogP contribution in [0, 0.1) is 0 Å². The number of carbonyl (C=O) groups excluding carboxylic acids is 2. The van der Waals surface area contributed by atoms with Crippen LogP contribution >= 0.6 is 0 Å². The number of hydrogen-bond acceptors (Lipinski definition) is 6. The molecule has 0 aromatic heterocycles. The molecular weight excluding hydrogens is 438 g/mol. The van der Waals surface area contributed by atoms with Crippen molar-refractivity contribution in [1.29, 1.82) is 0 Å². The van der Waals surface area contributed by atoms with Gasteiger partial charge in [0.15, 0.2) is 14.1 Å². The van der Waals surface area contributed by atoms with E-state index in [2.05, 4.69) is 33.9 Å². The van der Waals surface area contributed by atoms with E-state index in [9.17, 15) is 9.59 Å². The molecule has 2 fully saturated rings. The van der Waals surface area contributed by atoms with Crippen LogP contribution in [0.1, 0.15) is 53.0 Å². The fourth-order valence-corrected chi connectivity index (χ4v) is 5.50. The molecule has 0 radical (unpaired) electrons. The summed E-state index contributed by atoms with van der Waals surface area (Å²) < 4.78 is 24.4. The van der Waals surface area contributed by atoms with Crippen molar-refractivity contribution in [1.82, 2.24) is 4.90 Å². The fraction of sp³-hybridized carbons (Fsp3) is 0.680. The van der Waals surface area contributed by atoms with E-state index in [1.54, 1.807) is 4.90 Å². The Bertz CT molecular complexity index is 822. The van der Waals surface area contributed by atoms with Crippen molar-refractivity contribution in [2.75, 3.05) is 6.54 Å². The average molecular weight is 478 g/mol. The first-order chi connectivity index (χ1) is 15.3. The monoisotopic (exact) mass is 477 g/mol. The number of benzene rings is 1. The van der Waals surface area contributed by atoms with E-state index in [-0.39, 0.29) is 29.9 Å². The molecule has 0 aliphatic carbocycles. The highest BCUT2D eigenvalue weighted by atomic mass is 28.4. The lowest BCUT2D eigenvalue weighted by Crippen LogP contribution is -2.57. The van der Waals surface area contributed by atoms with E-state index in [4.69, 9.17) is 18.6 Å². The van der Waals surface area contributed by atoms with Gasteiger partial charge in [0.25, 0.3) is 0 Å². The average Bonchev–Trinajstić information content (AvgIpc) is 3.05. The van der Waals surface area contributed by atoms with Gasteiger partial charge in [-0.25, -0.2) is 4.79 Å². The zero-order chi connectivity index (χ0) is 24.4. The number of nitrogens with zero attached hydrogens (tertiary/aromatic N) is 1. The first kappa shape index (κ1) is 25.9. The molecule has 2 aliphatic heterocycles. The van der Waals surface area contributed by atoms with Gasteiger partial charge in [0.2, 0.25) is 0 Å². The lowest BCUT2D eigenvalue weighted by molar-refractivity contribution is -0.149. The van der Waals surface area contributed by atoms with Crippen molar-refractivity contribution in [2.24, 2.45) is 0 Å². The molecule has 2 aliphatic rings. The summed E-state index contributed by atoms with van der Waals surface area (Å²) in [5.41, 5.74) is 0.922. The molecule has 7 nitrogen and oxygen atoms in total. The summed E-state index contributed by atoms with van der Waals surface area (Å²) in [4.78, 5) is 26.9. The van der Waals surface area contributed by atoms with Crippen LogP contribution in [-0.2, 0) is 30.0 Å². The van der Waals surface area contributed by atoms with Crippen LogP contribution in [0.4, 0.5) is 4.79 Å². The highest BCUT2D eigenvalue weighted by Crippen LogP contribution is 2.40. The molecule has 0 saturated carbocycles. The number of amides is 1. The van der Waals surface area contributed by atoms with Gasteiger partial charge in [-0.3, -0.25) is 0 Å². The Morgan fingerprint density at radius 1 is 1.24 bits per heavy atom. The Morgan fingerprint density at radius 2 is 1.91 bits per heavy atom. The SMILES string of the molecule is CC1(C)O[C@H]2[C@H](CCN(C(=O)OCc3ccccc3)[C@@H]2C[C@@H](C=O)O[Si](C)(C)C(C)(C)C)O1. The highest BCUT2D eigenvalue weighted by molar-refractivity contribution is 6.74. The van der Waals surface area contributed by atoms with Crippen molar-refractivity contribution in [3.63, 3.8) is 0 Å². The standard InChI is InChI=1S/C25H39NO6Si/c1-24(2,3)33(6,7)32-19(16-27)15-20-22-21(30-25(4,5)31-22)13-14-26(20)23(28)29-17-18-11-9-8-10-12-18/h8-12,16,19-22H,13-15,17H2,1-7H3/t19-,20+,21-,22+/m0/s1. The number of carbonyl (C=O) groups is 2. The number of rotatable bonds is 7. The summed E-state index contributed by atoms with van der Waals surface area (Å²) in [7, 11) is -2.18. The van der Waals surface area contributed by atoms with Crippen LogP contribution < -0.4 is 0 Å². The van der Waals surface area contributed by atoms with E-state index in [0.29, 0.717) is 19.4 Å². The van der Waals surface area contributed by atoms with Gasteiger partial charge >= 0.3 is 6.09 Å². The summed E-state index contributed by atoms with van der Waals surface area (Å²) in [6, 6.07) is 9.21. The van der Waals surface area contributed by atoms with Crippen molar-refractivity contribution < 1.29 is 28.2 Å². The third-order valence-corrected chi connectivity index (χ3v) is 11.5. The molecule has 184 valence electrons. The lowest BCUT2D eigenvalue weighted by Gasteiger charge is -2.43. The molecule has 2 heterocycles. The number of aldehydes is 1. The molecule has 0 bridgehead atoms. The predicted octanol–water partition coefficient (Wildman–Crippen LogP) is 4.90. The maximum Gasteiger partial charge on any atom is 0.410 e. The minimum Gasteiger partial charge on any atom is -0.445 e. The number of ether oxygens (including phenoxy) is 3. The Balaban J connectivity index is 1.78. The van der Waals surface area contributed by atoms with Gasteiger partial charge < -0.3 is 28.3 Å². The van der Waals surface area contributed by atoms with Crippen molar-refractivity contribution in [3.05, 3.63) is 35.9 Å². The van der Waals surface area contributed by atoms with Crippen molar-refractivity contribution >= 4 is 20.7 Å². The van der Waals surface area contributed by atoms with Gasteiger partial charge in [-0.2, -0.15) is 0 Å². The van der Waals surface area contributed by atoms with Crippen molar-refractivity contribution in [3.8, 4) is 0 Å². The Morgan fingerprint density at radius 3 is 2.52 bits per heavy atom. The topological polar surface area (TPSA) is 74.3 Å². The van der Waals surface area contributed by atoms with Crippen LogP contribution in [0.15, 0.2) is 30.3 Å². The normalized spacial score (nSPS) is 25.9. The minimum absolute atomic E-state index is 0.0351. The predicted molar refractivity (Wildman–Crippen MR) is 128 cm³/mol. The van der Waals surface area contributed by atoms with E-state index in [1.807, 2.05) is 44.2 Å². The summed E-state index contributed by atoms with van der Waals surface area (Å²) >= 11 is 0. The van der Waals surface area contributed by atoms with Gasteiger partial charge in [0, 0.05) is 13.0 Å². The van der Waals surface area contributed by atoms with E-state index in [1.165, 1.54) is 0 Å². The zero-order valence-corrected chi connectivity index (χ0v) is 22.0. The first-order valence-corrected chi connectivity index (χ1v) is 14.7. The van der Waals surface area contributed by atoms with Crippen LogP contribution in [0.25, 0.3) is 0 Å². The molecule has 0 N–H and O–H groups in total. The van der Waals surface area contributed by atoms with Gasteiger partial charge in [-0.05, 0) is 44.0 Å². The van der Waals surface area contributed by atoms with Crippen LogP contribution in [0.5, 0.6) is 0 Å². The maximum absolute atomic E-state index is 13.1. The van der Waals surface area contributed by atoms with E-state index < -0.39 is 26.3 Å². The van der Waals surface area contributed by atoms with Gasteiger partial charge in [-0.1, -0.05) is 51.1 Å². The molecule has 4 atom stereocenters. The number of piperidine rings is 1. The summed E-state index contributed by atoms with van der Waals surface area (Å²) in [6.07, 6.45) is 0.334. The molecule has 0 spiro atoms. The highest BCUT2D eigenvalue weighted by Gasteiger charge is 2.52. The largest absolute Gasteiger partial charge is 0.445 e. The molecule has 0 unspecified atom stereocenters. The summed E-state index contributed by atoms with van der Waals surface area (Å²) in [5, 5.41) is -0.0351. The molecule has 2 saturated heterocycles. The Hall–Kier alpha value is -1.74. The third kappa shape index (κ3) is 6.23. The molecule has 1 amide bonds. The van der Waals surface area contributed by atoms with E-state index >= 15 is 0 Å². The smallest absolute Gasteiger partial charge is 0.410 e. The van der Waals surface area contributed by atoms with Crippen LogP contribution in [-0.4, -0.2) is 62.3 Å². The molecule has 1 aromatic rings. The second-order valence-corrected chi connectivity index (χ2v) is 15.8. The third-order valence-electron chi connectivity index (χ3n) is 6.97. The lowest BCUT2D eigenvalue weighted by atomic mass is 9.92. The summed E-state index contributed by atoms with van der Waals surface area (Å²) in [6.45, 7) is 15.1. The zero-order valence-electron chi connectivity index (χ0n) is 21.0. The Kier molecular flexibility index (Phi) is 7.73. The molecule has 3 rings (SSSR count). The second kappa shape index (κ2) is 9.86. The van der Waals surface area contributed by atoms with Gasteiger partial charge in [0.1, 0.15) is 25.1 Å². The van der Waals surface area contributed by atoms with Gasteiger partial charge in [0.05, 0.1) is 12.1 Å². The maximum atomic E-state index is 13.1. The molecular formula is C25H39NO6Si. The fourth-order valence-electron chi connectivity index (χ4n) is 4.24. The number of likely N-dealkylation sites (tertiary alicyclic amines) is 1. The number of hydrogen-bond donors (Lipinski definition) is 0. The first-order valence-electron chi connectivity index (χ1n) is 11.8. The second-order valence-electron chi connectivity index (χ2n) is 11.0.